The molecule has 0 bridgehead atoms. The van der Waals surface area contributed by atoms with E-state index in [4.69, 9.17) is 0 Å². The third-order valence-electron chi connectivity index (χ3n) is 4.58. The second-order valence-corrected chi connectivity index (χ2v) is 6.41. The van der Waals surface area contributed by atoms with Crippen LogP contribution in [0.15, 0.2) is 43.0 Å². The quantitative estimate of drug-likeness (QED) is 0.807. The Balaban J connectivity index is 1.52. The van der Waals surface area contributed by atoms with Gasteiger partial charge in [0.25, 0.3) is 0 Å². The summed E-state index contributed by atoms with van der Waals surface area (Å²) < 4.78 is 1.94. The SMILES string of the molecule is CC(NC(=O)NC1CCC(O)CC1)c1ccc(-n2ccnc2)cc1. The molecule has 24 heavy (non-hydrogen) atoms. The van der Waals surface area contributed by atoms with Gasteiger partial charge in [-0.15, -0.1) is 0 Å². The first-order chi connectivity index (χ1) is 11.6. The van der Waals surface area contributed by atoms with Gasteiger partial charge in [0, 0.05) is 24.1 Å². The predicted molar refractivity (Wildman–Crippen MR) is 91.9 cm³/mol. The Hall–Kier alpha value is -2.34. The normalized spacial score (nSPS) is 21.9. The Morgan fingerprint density at radius 3 is 2.58 bits per heavy atom. The van der Waals surface area contributed by atoms with E-state index in [2.05, 4.69) is 15.6 Å². The average molecular weight is 328 g/mol. The first-order valence-electron chi connectivity index (χ1n) is 8.45. The number of aromatic nitrogens is 2. The monoisotopic (exact) mass is 328 g/mol. The number of nitrogens with one attached hydrogen (secondary N) is 2. The van der Waals surface area contributed by atoms with E-state index < -0.39 is 0 Å². The molecule has 1 aliphatic rings. The van der Waals surface area contributed by atoms with Gasteiger partial charge in [-0.1, -0.05) is 12.1 Å². The van der Waals surface area contributed by atoms with Crippen molar-refractivity contribution in [2.45, 2.75) is 50.8 Å². The lowest BCUT2D eigenvalue weighted by Crippen LogP contribution is -2.44. The molecule has 1 unspecified atom stereocenters. The number of imidazole rings is 1. The van der Waals surface area contributed by atoms with Crippen molar-refractivity contribution in [1.29, 1.82) is 0 Å². The van der Waals surface area contributed by atoms with Gasteiger partial charge in [-0.05, 0) is 50.3 Å². The van der Waals surface area contributed by atoms with E-state index in [-0.39, 0.29) is 24.2 Å². The zero-order valence-electron chi connectivity index (χ0n) is 13.9. The number of amides is 2. The Morgan fingerprint density at radius 1 is 1.25 bits per heavy atom. The highest BCUT2D eigenvalue weighted by atomic mass is 16.3. The molecule has 1 aliphatic carbocycles. The molecule has 3 N–H and O–H groups in total. The number of benzene rings is 1. The van der Waals surface area contributed by atoms with Crippen molar-refractivity contribution in [3.8, 4) is 5.69 Å². The van der Waals surface area contributed by atoms with Crippen LogP contribution in [0.2, 0.25) is 0 Å². The fourth-order valence-electron chi connectivity index (χ4n) is 3.07. The maximum Gasteiger partial charge on any atom is 0.315 e. The third-order valence-corrected chi connectivity index (χ3v) is 4.58. The molecule has 1 heterocycles. The highest BCUT2D eigenvalue weighted by molar-refractivity contribution is 5.74. The summed E-state index contributed by atoms with van der Waals surface area (Å²) in [5.41, 5.74) is 2.08. The molecular formula is C18H24N4O2. The first-order valence-corrected chi connectivity index (χ1v) is 8.45. The molecule has 1 aromatic carbocycles. The molecule has 0 aliphatic heterocycles. The maximum atomic E-state index is 12.1. The topological polar surface area (TPSA) is 79.2 Å². The van der Waals surface area contributed by atoms with Crippen molar-refractivity contribution in [2.24, 2.45) is 0 Å². The van der Waals surface area contributed by atoms with Gasteiger partial charge in [-0.2, -0.15) is 0 Å². The van der Waals surface area contributed by atoms with Crippen molar-refractivity contribution in [3.63, 3.8) is 0 Å². The average Bonchev–Trinajstić information content (AvgIpc) is 3.11. The summed E-state index contributed by atoms with van der Waals surface area (Å²) in [6.45, 7) is 1.97. The maximum absolute atomic E-state index is 12.1. The zero-order valence-corrected chi connectivity index (χ0v) is 13.9. The predicted octanol–water partition coefficient (Wildman–Crippen LogP) is 2.54. The number of urea groups is 1. The van der Waals surface area contributed by atoms with Crippen LogP contribution in [0.4, 0.5) is 4.79 Å². The third kappa shape index (κ3) is 4.14. The summed E-state index contributed by atoms with van der Waals surface area (Å²) in [7, 11) is 0. The summed E-state index contributed by atoms with van der Waals surface area (Å²) in [4.78, 5) is 16.2. The van der Waals surface area contributed by atoms with Crippen LogP contribution >= 0.6 is 0 Å². The number of aliphatic hydroxyl groups is 1. The number of hydrogen-bond acceptors (Lipinski definition) is 3. The van der Waals surface area contributed by atoms with Crippen LogP contribution in [0.3, 0.4) is 0 Å². The fraction of sp³-hybridized carbons (Fsp3) is 0.444. The molecule has 2 aromatic rings. The summed E-state index contributed by atoms with van der Waals surface area (Å²) in [6.07, 6.45) is 8.37. The summed E-state index contributed by atoms with van der Waals surface area (Å²) in [5.74, 6) is 0. The van der Waals surface area contributed by atoms with E-state index >= 15 is 0 Å². The summed E-state index contributed by atoms with van der Waals surface area (Å²) in [5, 5.41) is 15.5. The molecule has 6 heteroatoms. The lowest BCUT2D eigenvalue weighted by molar-refractivity contribution is 0.117. The Bertz CT molecular complexity index is 646. The molecule has 0 radical (unpaired) electrons. The van der Waals surface area contributed by atoms with Crippen molar-refractivity contribution < 1.29 is 9.90 Å². The van der Waals surface area contributed by atoms with Crippen LogP contribution < -0.4 is 10.6 Å². The standard InChI is InChI=1S/C18H24N4O2/c1-13(20-18(24)21-15-4-8-17(23)9-5-15)14-2-6-16(7-3-14)22-11-10-19-12-22/h2-3,6-7,10-13,15,17,23H,4-5,8-9H2,1H3,(H2,20,21,24). The highest BCUT2D eigenvalue weighted by Crippen LogP contribution is 2.19. The Kier molecular flexibility index (Phi) is 5.15. The van der Waals surface area contributed by atoms with Gasteiger partial charge in [0.2, 0.25) is 0 Å². The van der Waals surface area contributed by atoms with Gasteiger partial charge >= 0.3 is 6.03 Å². The van der Waals surface area contributed by atoms with Gasteiger partial charge < -0.3 is 20.3 Å². The Labute approximate surface area is 141 Å². The molecule has 128 valence electrons. The van der Waals surface area contributed by atoms with Crippen molar-refractivity contribution >= 4 is 6.03 Å². The van der Waals surface area contributed by atoms with Crippen LogP contribution in [0.5, 0.6) is 0 Å². The number of nitrogens with zero attached hydrogens (tertiary/aromatic N) is 2. The molecule has 1 atom stereocenters. The van der Waals surface area contributed by atoms with Gasteiger partial charge in [-0.3, -0.25) is 0 Å². The van der Waals surface area contributed by atoms with Gasteiger partial charge in [0.15, 0.2) is 0 Å². The molecule has 0 saturated heterocycles. The summed E-state index contributed by atoms with van der Waals surface area (Å²) >= 11 is 0. The van der Waals surface area contributed by atoms with Gasteiger partial charge in [-0.25, -0.2) is 9.78 Å². The molecule has 6 nitrogen and oxygen atoms in total. The van der Waals surface area contributed by atoms with E-state index in [1.54, 1.807) is 12.5 Å². The van der Waals surface area contributed by atoms with Crippen molar-refractivity contribution in [2.75, 3.05) is 0 Å². The minimum atomic E-state index is -0.209. The zero-order chi connectivity index (χ0) is 16.9. The number of hydrogen-bond donors (Lipinski definition) is 3. The van der Waals surface area contributed by atoms with Crippen LogP contribution in [0, 0.1) is 0 Å². The van der Waals surface area contributed by atoms with Gasteiger partial charge in [0.05, 0.1) is 18.5 Å². The molecule has 1 saturated carbocycles. The molecule has 1 fully saturated rings. The lowest BCUT2D eigenvalue weighted by atomic mass is 9.93. The van der Waals surface area contributed by atoms with Crippen LogP contribution in [0.25, 0.3) is 5.69 Å². The van der Waals surface area contributed by atoms with Gasteiger partial charge in [0.1, 0.15) is 0 Å². The van der Waals surface area contributed by atoms with E-state index in [1.807, 2.05) is 42.0 Å². The lowest BCUT2D eigenvalue weighted by Gasteiger charge is -2.27. The molecule has 0 spiro atoms. The minimum Gasteiger partial charge on any atom is -0.393 e. The van der Waals surface area contributed by atoms with E-state index in [0.717, 1.165) is 36.9 Å². The molecule has 3 rings (SSSR count). The number of aliphatic hydroxyl groups excluding tert-OH is 1. The summed E-state index contributed by atoms with van der Waals surface area (Å²) in [6, 6.07) is 7.97. The van der Waals surface area contributed by atoms with Crippen LogP contribution in [0.1, 0.15) is 44.2 Å². The molecule has 1 aromatic heterocycles. The van der Waals surface area contributed by atoms with E-state index in [1.165, 1.54) is 0 Å². The minimum absolute atomic E-state index is 0.0731. The van der Waals surface area contributed by atoms with Crippen LogP contribution in [-0.2, 0) is 0 Å². The van der Waals surface area contributed by atoms with Crippen molar-refractivity contribution in [1.82, 2.24) is 20.2 Å². The second kappa shape index (κ2) is 7.49. The van der Waals surface area contributed by atoms with Crippen LogP contribution in [-0.4, -0.2) is 32.8 Å². The van der Waals surface area contributed by atoms with E-state index in [9.17, 15) is 9.90 Å². The number of carbonyl (C=O) groups is 1. The smallest absolute Gasteiger partial charge is 0.315 e. The fourth-order valence-corrected chi connectivity index (χ4v) is 3.07. The van der Waals surface area contributed by atoms with E-state index in [0.29, 0.717) is 0 Å². The molecular weight excluding hydrogens is 304 g/mol. The second-order valence-electron chi connectivity index (χ2n) is 6.41. The molecule has 2 amide bonds. The first kappa shape index (κ1) is 16.5. The number of carbonyl (C=O) groups excluding carboxylic acids is 1. The largest absolute Gasteiger partial charge is 0.393 e. The van der Waals surface area contributed by atoms with Crippen molar-refractivity contribution in [3.05, 3.63) is 48.5 Å². The highest BCUT2D eigenvalue weighted by Gasteiger charge is 2.21. The Morgan fingerprint density at radius 2 is 1.96 bits per heavy atom. The number of rotatable bonds is 4.